The Morgan fingerprint density at radius 3 is 2.89 bits per heavy atom. The van der Waals surface area contributed by atoms with E-state index in [9.17, 15) is 0 Å². The van der Waals surface area contributed by atoms with Gasteiger partial charge < -0.3 is 25.4 Å². The second kappa shape index (κ2) is 6.35. The standard InChI is InChI=1S/C20H19N5O2/c21-18-19(24-14-7-8-16-17(10-14)27-12-26-16)22-11-23-20(18)25-9-3-5-13-4-1-2-6-15(13)25/h1-2,4,6-8,10-11H,3,5,9,12,21H2,(H,22,23,24). The van der Waals surface area contributed by atoms with E-state index >= 15 is 0 Å². The zero-order chi connectivity index (χ0) is 18.2. The van der Waals surface area contributed by atoms with Gasteiger partial charge in [0, 0.05) is 24.0 Å². The van der Waals surface area contributed by atoms with Gasteiger partial charge in [0.15, 0.2) is 23.1 Å². The number of anilines is 5. The molecule has 3 N–H and O–H groups in total. The second-order valence-electron chi connectivity index (χ2n) is 6.54. The van der Waals surface area contributed by atoms with Crippen molar-refractivity contribution in [3.8, 4) is 11.5 Å². The first kappa shape index (κ1) is 15.7. The summed E-state index contributed by atoms with van der Waals surface area (Å²) in [6.07, 6.45) is 3.67. The Labute approximate surface area is 156 Å². The number of fused-ring (bicyclic) bond motifs is 2. The van der Waals surface area contributed by atoms with Gasteiger partial charge in [0.05, 0.1) is 0 Å². The summed E-state index contributed by atoms with van der Waals surface area (Å²) in [6, 6.07) is 14.0. The molecule has 3 aromatic rings. The first-order valence-electron chi connectivity index (χ1n) is 8.92. The van der Waals surface area contributed by atoms with Crippen molar-refractivity contribution >= 4 is 28.7 Å². The van der Waals surface area contributed by atoms with Gasteiger partial charge in [-0.1, -0.05) is 18.2 Å². The van der Waals surface area contributed by atoms with Gasteiger partial charge in [-0.25, -0.2) is 9.97 Å². The highest BCUT2D eigenvalue weighted by Crippen LogP contribution is 2.39. The Morgan fingerprint density at radius 1 is 1.04 bits per heavy atom. The van der Waals surface area contributed by atoms with Crippen LogP contribution in [-0.2, 0) is 6.42 Å². The van der Waals surface area contributed by atoms with Gasteiger partial charge in [-0.15, -0.1) is 0 Å². The molecule has 2 aliphatic rings. The number of ether oxygens (including phenoxy) is 2. The first-order chi connectivity index (χ1) is 13.3. The summed E-state index contributed by atoms with van der Waals surface area (Å²) in [6.45, 7) is 1.12. The molecule has 7 nitrogen and oxygen atoms in total. The van der Waals surface area contributed by atoms with Gasteiger partial charge in [0.25, 0.3) is 0 Å². The summed E-state index contributed by atoms with van der Waals surface area (Å²) in [7, 11) is 0. The van der Waals surface area contributed by atoms with Crippen LogP contribution in [0.5, 0.6) is 11.5 Å². The Balaban J connectivity index is 1.48. The van der Waals surface area contributed by atoms with Gasteiger partial charge in [0.2, 0.25) is 6.79 Å². The molecule has 0 saturated heterocycles. The van der Waals surface area contributed by atoms with E-state index in [2.05, 4.69) is 38.4 Å². The van der Waals surface area contributed by atoms with Crippen LogP contribution in [0.2, 0.25) is 0 Å². The summed E-state index contributed by atoms with van der Waals surface area (Å²) < 4.78 is 10.8. The molecule has 0 saturated carbocycles. The molecule has 5 rings (SSSR count). The lowest BCUT2D eigenvalue weighted by atomic mass is 10.0. The minimum Gasteiger partial charge on any atom is -0.454 e. The molecule has 0 unspecified atom stereocenters. The quantitative estimate of drug-likeness (QED) is 0.737. The summed E-state index contributed by atoms with van der Waals surface area (Å²) in [5, 5.41) is 3.27. The Hall–Kier alpha value is -3.48. The van der Waals surface area contributed by atoms with E-state index in [1.807, 2.05) is 24.3 Å². The summed E-state index contributed by atoms with van der Waals surface area (Å²) in [4.78, 5) is 11.0. The zero-order valence-corrected chi connectivity index (χ0v) is 14.7. The number of hydrogen-bond acceptors (Lipinski definition) is 7. The third kappa shape index (κ3) is 2.77. The van der Waals surface area contributed by atoms with Crippen LogP contribution in [0.25, 0.3) is 0 Å². The maximum atomic E-state index is 6.45. The van der Waals surface area contributed by atoms with Gasteiger partial charge in [-0.3, -0.25) is 0 Å². The van der Waals surface area contributed by atoms with E-state index in [1.54, 1.807) is 0 Å². The van der Waals surface area contributed by atoms with Crippen molar-refractivity contribution in [1.82, 2.24) is 9.97 Å². The molecule has 0 bridgehead atoms. The predicted octanol–water partition coefficient (Wildman–Crippen LogP) is 3.62. The maximum Gasteiger partial charge on any atom is 0.231 e. The number of nitrogens with one attached hydrogen (secondary N) is 1. The molecule has 3 heterocycles. The van der Waals surface area contributed by atoms with E-state index in [-0.39, 0.29) is 6.79 Å². The fraction of sp³-hybridized carbons (Fsp3) is 0.200. The summed E-state index contributed by atoms with van der Waals surface area (Å²) in [5.41, 5.74) is 10.3. The van der Waals surface area contributed by atoms with Crippen molar-refractivity contribution in [2.24, 2.45) is 0 Å². The monoisotopic (exact) mass is 361 g/mol. The van der Waals surface area contributed by atoms with Gasteiger partial charge in [0.1, 0.15) is 12.0 Å². The molecule has 0 aliphatic carbocycles. The molecular weight excluding hydrogens is 342 g/mol. The number of aromatic nitrogens is 2. The fourth-order valence-electron chi connectivity index (χ4n) is 3.57. The zero-order valence-electron chi connectivity index (χ0n) is 14.7. The van der Waals surface area contributed by atoms with Crippen LogP contribution in [0, 0.1) is 0 Å². The Morgan fingerprint density at radius 2 is 1.93 bits per heavy atom. The van der Waals surface area contributed by atoms with Crippen LogP contribution < -0.4 is 25.4 Å². The molecule has 7 heteroatoms. The number of aryl methyl sites for hydroxylation is 1. The number of nitrogen functional groups attached to an aromatic ring is 1. The van der Waals surface area contributed by atoms with Crippen molar-refractivity contribution in [1.29, 1.82) is 0 Å². The van der Waals surface area contributed by atoms with Gasteiger partial charge in [-0.2, -0.15) is 0 Å². The number of benzene rings is 2. The number of rotatable bonds is 3. The lowest BCUT2D eigenvalue weighted by Crippen LogP contribution is -2.26. The van der Waals surface area contributed by atoms with Crippen LogP contribution in [0.15, 0.2) is 48.8 Å². The van der Waals surface area contributed by atoms with Crippen molar-refractivity contribution < 1.29 is 9.47 Å². The smallest absolute Gasteiger partial charge is 0.231 e. The highest BCUT2D eigenvalue weighted by molar-refractivity contribution is 5.82. The topological polar surface area (TPSA) is 85.5 Å². The molecule has 136 valence electrons. The molecule has 1 aromatic heterocycles. The lowest BCUT2D eigenvalue weighted by molar-refractivity contribution is 0.174. The van der Waals surface area contributed by atoms with E-state index in [0.717, 1.165) is 42.3 Å². The van der Waals surface area contributed by atoms with Crippen LogP contribution in [0.1, 0.15) is 12.0 Å². The molecule has 27 heavy (non-hydrogen) atoms. The normalized spacial score (nSPS) is 14.7. The lowest BCUT2D eigenvalue weighted by Gasteiger charge is -2.31. The number of nitrogens with zero attached hydrogens (tertiary/aromatic N) is 3. The van der Waals surface area contributed by atoms with Gasteiger partial charge in [-0.05, 0) is 36.6 Å². The predicted molar refractivity (Wildman–Crippen MR) is 104 cm³/mol. The third-order valence-electron chi connectivity index (χ3n) is 4.86. The number of hydrogen-bond donors (Lipinski definition) is 2. The van der Waals surface area contributed by atoms with Crippen LogP contribution >= 0.6 is 0 Å². The molecule has 0 radical (unpaired) electrons. The molecule has 0 atom stereocenters. The highest BCUT2D eigenvalue weighted by atomic mass is 16.7. The SMILES string of the molecule is Nc1c(Nc2ccc3c(c2)OCO3)ncnc1N1CCCc2ccccc21. The minimum absolute atomic E-state index is 0.243. The van der Waals surface area contributed by atoms with Crippen molar-refractivity contribution in [3.63, 3.8) is 0 Å². The number of nitrogens with two attached hydrogens (primary N) is 1. The second-order valence-corrected chi connectivity index (χ2v) is 6.54. The van der Waals surface area contributed by atoms with Gasteiger partial charge >= 0.3 is 0 Å². The molecule has 0 spiro atoms. The minimum atomic E-state index is 0.243. The maximum absolute atomic E-state index is 6.45. The van der Waals surface area contributed by atoms with Crippen LogP contribution in [-0.4, -0.2) is 23.3 Å². The summed E-state index contributed by atoms with van der Waals surface area (Å²) >= 11 is 0. The van der Waals surface area contributed by atoms with E-state index in [4.69, 9.17) is 15.2 Å². The van der Waals surface area contributed by atoms with Crippen molar-refractivity contribution in [2.45, 2.75) is 12.8 Å². The largest absolute Gasteiger partial charge is 0.454 e. The van der Waals surface area contributed by atoms with E-state index < -0.39 is 0 Å². The average Bonchev–Trinajstić information content (AvgIpc) is 3.17. The van der Waals surface area contributed by atoms with Crippen LogP contribution in [0.3, 0.4) is 0 Å². The van der Waals surface area contributed by atoms with Crippen LogP contribution in [0.4, 0.5) is 28.7 Å². The molecule has 2 aromatic carbocycles. The molecule has 0 amide bonds. The van der Waals surface area contributed by atoms with Crippen molar-refractivity contribution in [2.75, 3.05) is 29.3 Å². The first-order valence-corrected chi connectivity index (χ1v) is 8.92. The number of para-hydroxylation sites is 1. The Bertz CT molecular complexity index is 1010. The third-order valence-corrected chi connectivity index (χ3v) is 4.86. The van der Waals surface area contributed by atoms with E-state index in [1.165, 1.54) is 11.9 Å². The highest BCUT2D eigenvalue weighted by Gasteiger charge is 2.22. The fourth-order valence-corrected chi connectivity index (χ4v) is 3.57. The summed E-state index contributed by atoms with van der Waals surface area (Å²) in [5.74, 6) is 2.74. The molecular formula is C20H19N5O2. The molecule has 0 fully saturated rings. The van der Waals surface area contributed by atoms with Crippen molar-refractivity contribution in [3.05, 3.63) is 54.4 Å². The average molecular weight is 361 g/mol. The van der Waals surface area contributed by atoms with E-state index in [0.29, 0.717) is 17.3 Å². The Kier molecular flexibility index (Phi) is 3.71. The molecule has 2 aliphatic heterocycles.